The fourth-order valence-corrected chi connectivity index (χ4v) is 3.71. The van der Waals surface area contributed by atoms with Crippen molar-refractivity contribution in [3.63, 3.8) is 0 Å². The molecule has 6 amide bonds. The molecular formula is C23H39N9O8. The van der Waals surface area contributed by atoms with Gasteiger partial charge in [0.2, 0.25) is 35.4 Å². The summed E-state index contributed by atoms with van der Waals surface area (Å²) in [6.45, 7) is -0.219. The molecule has 0 aromatic heterocycles. The summed E-state index contributed by atoms with van der Waals surface area (Å²) in [6, 6.07) is -3.82. The van der Waals surface area contributed by atoms with E-state index in [1.165, 1.54) is 0 Å². The summed E-state index contributed by atoms with van der Waals surface area (Å²) in [5, 5.41) is 21.4. The molecule has 1 heterocycles. The predicted octanol–water partition coefficient (Wildman–Crippen LogP) is -3.96. The van der Waals surface area contributed by atoms with Crippen molar-refractivity contribution in [3.05, 3.63) is 0 Å². The van der Waals surface area contributed by atoms with E-state index in [0.29, 0.717) is 25.7 Å². The van der Waals surface area contributed by atoms with Crippen molar-refractivity contribution < 1.29 is 38.7 Å². The molecule has 0 aliphatic carbocycles. The van der Waals surface area contributed by atoms with Crippen LogP contribution in [0.5, 0.6) is 0 Å². The Morgan fingerprint density at radius 3 is 2.10 bits per heavy atom. The highest BCUT2D eigenvalue weighted by Crippen LogP contribution is 2.05. The van der Waals surface area contributed by atoms with Crippen LogP contribution in [0, 0.1) is 0 Å². The van der Waals surface area contributed by atoms with Crippen molar-refractivity contribution in [3.8, 4) is 0 Å². The lowest BCUT2D eigenvalue weighted by molar-refractivity contribution is -0.141. The summed E-state index contributed by atoms with van der Waals surface area (Å²) in [5.41, 5.74) is 15.8. The van der Waals surface area contributed by atoms with Gasteiger partial charge in [-0.15, -0.1) is 0 Å². The number of aliphatic imine (C=N–C) groups is 1. The summed E-state index contributed by atoms with van der Waals surface area (Å²) in [4.78, 5) is 89.6. The van der Waals surface area contributed by atoms with Crippen LogP contribution in [0.25, 0.3) is 0 Å². The van der Waals surface area contributed by atoms with Crippen molar-refractivity contribution in [1.29, 1.82) is 0 Å². The number of nitrogens with two attached hydrogens (primary N) is 3. The summed E-state index contributed by atoms with van der Waals surface area (Å²) in [5.74, 6) is -5.81. The molecular weight excluding hydrogens is 530 g/mol. The van der Waals surface area contributed by atoms with Crippen LogP contribution in [0.2, 0.25) is 0 Å². The monoisotopic (exact) mass is 569 g/mol. The molecule has 0 aromatic carbocycles. The number of carbonyl (C=O) groups excluding carboxylic acids is 6. The molecule has 1 aliphatic rings. The number of guanidine groups is 1. The average molecular weight is 570 g/mol. The Morgan fingerprint density at radius 1 is 0.800 bits per heavy atom. The van der Waals surface area contributed by atoms with Crippen molar-refractivity contribution >= 4 is 47.4 Å². The van der Waals surface area contributed by atoms with Gasteiger partial charge in [0.1, 0.15) is 18.1 Å². The minimum absolute atomic E-state index is 0.111. The van der Waals surface area contributed by atoms with Gasteiger partial charge in [-0.3, -0.25) is 38.6 Å². The number of carboxylic acids is 1. The van der Waals surface area contributed by atoms with Gasteiger partial charge in [0, 0.05) is 25.9 Å². The lowest BCUT2D eigenvalue weighted by Gasteiger charge is -2.22. The maximum Gasteiger partial charge on any atom is 0.305 e. The highest BCUT2D eigenvalue weighted by molar-refractivity contribution is 5.95. The van der Waals surface area contributed by atoms with Crippen LogP contribution < -0.4 is 43.8 Å². The first-order valence-corrected chi connectivity index (χ1v) is 12.9. The summed E-state index contributed by atoms with van der Waals surface area (Å²) < 4.78 is 0. The lowest BCUT2D eigenvalue weighted by Crippen LogP contribution is -2.56. The smallest absolute Gasteiger partial charge is 0.305 e. The van der Waals surface area contributed by atoms with Crippen LogP contribution in [0.3, 0.4) is 0 Å². The summed E-state index contributed by atoms with van der Waals surface area (Å²) in [7, 11) is 0. The van der Waals surface area contributed by atoms with Crippen LogP contribution in [0.15, 0.2) is 4.99 Å². The lowest BCUT2D eigenvalue weighted by atomic mass is 10.1. The minimum atomic E-state index is -1.59. The number of rotatable bonds is 9. The van der Waals surface area contributed by atoms with Crippen LogP contribution >= 0.6 is 0 Å². The van der Waals surface area contributed by atoms with E-state index < -0.39 is 72.5 Å². The highest BCUT2D eigenvalue weighted by atomic mass is 16.4. The van der Waals surface area contributed by atoms with E-state index in [4.69, 9.17) is 17.2 Å². The summed E-state index contributed by atoms with van der Waals surface area (Å²) >= 11 is 0. The zero-order chi connectivity index (χ0) is 30.1. The zero-order valence-electron chi connectivity index (χ0n) is 22.2. The van der Waals surface area contributed by atoms with E-state index in [0.717, 1.165) is 0 Å². The van der Waals surface area contributed by atoms with Gasteiger partial charge in [-0.25, -0.2) is 0 Å². The van der Waals surface area contributed by atoms with Gasteiger partial charge in [-0.1, -0.05) is 6.42 Å². The van der Waals surface area contributed by atoms with Gasteiger partial charge < -0.3 is 48.9 Å². The Balaban J connectivity index is 3.07. The van der Waals surface area contributed by atoms with Crippen molar-refractivity contribution in [2.75, 3.05) is 19.6 Å². The minimum Gasteiger partial charge on any atom is -0.481 e. The SMILES string of the molecule is NC(=O)CCC1NC(=O)C(CC(=O)O)NC(=O)CNC(=O)[C@H](CCCN=C(N)N)NC(=O)CCCCCNC1=O. The van der Waals surface area contributed by atoms with Crippen molar-refractivity contribution in [2.24, 2.45) is 22.2 Å². The number of carboxylic acid groups (broad SMARTS) is 1. The molecule has 1 aliphatic heterocycles. The number of primary amides is 1. The Bertz CT molecular complexity index is 968. The topological polar surface area (TPSA) is 290 Å². The third kappa shape index (κ3) is 14.5. The second-order valence-corrected chi connectivity index (χ2v) is 9.17. The van der Waals surface area contributed by atoms with Gasteiger partial charge in [0.15, 0.2) is 5.96 Å². The fourth-order valence-electron chi connectivity index (χ4n) is 3.71. The Hall–Kier alpha value is -4.44. The first kappa shape index (κ1) is 33.6. The Kier molecular flexibility index (Phi) is 15.1. The third-order valence-electron chi connectivity index (χ3n) is 5.74. The maximum absolute atomic E-state index is 12.8. The Labute approximate surface area is 230 Å². The molecule has 17 nitrogen and oxygen atoms in total. The van der Waals surface area contributed by atoms with Crippen molar-refractivity contribution in [1.82, 2.24) is 26.6 Å². The first-order valence-electron chi connectivity index (χ1n) is 12.9. The van der Waals surface area contributed by atoms with Crippen LogP contribution in [0.1, 0.15) is 57.8 Å². The molecule has 0 bridgehead atoms. The van der Waals surface area contributed by atoms with E-state index in [-0.39, 0.29) is 44.7 Å². The number of hydrogen-bond acceptors (Lipinski definition) is 8. The quantitative estimate of drug-likeness (QED) is 0.0737. The molecule has 224 valence electrons. The van der Waals surface area contributed by atoms with Gasteiger partial charge in [-0.2, -0.15) is 0 Å². The van der Waals surface area contributed by atoms with E-state index in [9.17, 15) is 38.7 Å². The Morgan fingerprint density at radius 2 is 1.45 bits per heavy atom. The van der Waals surface area contributed by atoms with Gasteiger partial charge in [-0.05, 0) is 32.1 Å². The molecule has 0 saturated carbocycles. The zero-order valence-corrected chi connectivity index (χ0v) is 22.2. The van der Waals surface area contributed by atoms with E-state index >= 15 is 0 Å². The summed E-state index contributed by atoms with van der Waals surface area (Å²) in [6.07, 6.45) is 0.940. The van der Waals surface area contributed by atoms with Gasteiger partial charge in [0.25, 0.3) is 0 Å². The number of nitrogens with zero attached hydrogens (tertiary/aromatic N) is 1. The molecule has 0 spiro atoms. The molecule has 3 atom stereocenters. The van der Waals surface area contributed by atoms with Crippen molar-refractivity contribution in [2.45, 2.75) is 75.9 Å². The molecule has 1 rings (SSSR count). The van der Waals surface area contributed by atoms with Gasteiger partial charge in [0.05, 0.1) is 13.0 Å². The standard InChI is InChI=1S/C23H39N9O8/c24-16(33)8-7-14-20(38)27-9-3-1-2-6-17(34)30-13(5-4-10-28-23(25)26)21(39)29-12-18(35)31-15(11-19(36)37)22(40)32-14/h13-15H,1-12H2,(H2,24,33)(H,27,38)(H,29,39)(H,30,34)(H,31,35)(H,32,40)(H,36,37)(H4,25,26,28)/t13-,14?,15?/m0/s1. The molecule has 40 heavy (non-hydrogen) atoms. The molecule has 0 aromatic rings. The van der Waals surface area contributed by atoms with Gasteiger partial charge >= 0.3 is 5.97 Å². The average Bonchev–Trinajstić information content (AvgIpc) is 2.87. The highest BCUT2D eigenvalue weighted by Gasteiger charge is 2.29. The third-order valence-corrected chi connectivity index (χ3v) is 5.74. The second kappa shape index (κ2) is 18.0. The predicted molar refractivity (Wildman–Crippen MR) is 141 cm³/mol. The molecule has 12 N–H and O–H groups in total. The number of carbonyl (C=O) groups is 7. The van der Waals surface area contributed by atoms with Crippen LogP contribution in [-0.2, 0) is 33.6 Å². The van der Waals surface area contributed by atoms with E-state index in [2.05, 4.69) is 31.6 Å². The fraction of sp³-hybridized carbons (Fsp3) is 0.652. The van der Waals surface area contributed by atoms with Crippen LogP contribution in [0.4, 0.5) is 0 Å². The van der Waals surface area contributed by atoms with Crippen LogP contribution in [-0.4, -0.2) is 90.2 Å². The van der Waals surface area contributed by atoms with E-state index in [1.54, 1.807) is 0 Å². The number of nitrogens with one attached hydrogen (secondary N) is 5. The molecule has 17 heteroatoms. The second-order valence-electron chi connectivity index (χ2n) is 9.17. The molecule has 1 fully saturated rings. The number of amides is 6. The number of hydrogen-bond donors (Lipinski definition) is 9. The van der Waals surface area contributed by atoms with E-state index in [1.807, 2.05) is 0 Å². The maximum atomic E-state index is 12.8. The molecule has 1 saturated heterocycles. The molecule has 0 radical (unpaired) electrons. The number of aliphatic carboxylic acids is 1. The normalized spacial score (nSPS) is 22.1. The first-order chi connectivity index (χ1) is 18.9. The largest absolute Gasteiger partial charge is 0.481 e. The molecule has 2 unspecified atom stereocenters.